The predicted octanol–water partition coefficient (Wildman–Crippen LogP) is 4.64. The number of anilines is 1. The van der Waals surface area contributed by atoms with E-state index in [4.69, 9.17) is 11.6 Å². The number of halogens is 1. The average Bonchev–Trinajstić information content (AvgIpc) is 3.09. The van der Waals surface area contributed by atoms with Crippen LogP contribution in [0.1, 0.15) is 49.2 Å². The molecule has 5 rings (SSSR count). The molecule has 0 atom stereocenters. The smallest absolute Gasteiger partial charge is 0.231 e. The van der Waals surface area contributed by atoms with Gasteiger partial charge in [-0.05, 0) is 59.6 Å². The summed E-state index contributed by atoms with van der Waals surface area (Å²) in [6.45, 7) is 8.11. The summed E-state index contributed by atoms with van der Waals surface area (Å²) in [6, 6.07) is 15.0. The van der Waals surface area contributed by atoms with Gasteiger partial charge >= 0.3 is 0 Å². The molecule has 5 nitrogen and oxygen atoms in total. The van der Waals surface area contributed by atoms with Gasteiger partial charge in [0.2, 0.25) is 5.95 Å². The number of nitrogens with zero attached hydrogens (tertiary/aromatic N) is 4. The zero-order valence-electron chi connectivity index (χ0n) is 17.7. The van der Waals surface area contributed by atoms with Gasteiger partial charge in [0.05, 0.1) is 12.2 Å². The third-order valence-corrected chi connectivity index (χ3v) is 7.03. The van der Waals surface area contributed by atoms with Crippen molar-refractivity contribution in [3.05, 3.63) is 70.0 Å². The Balaban J connectivity index is 1.45. The van der Waals surface area contributed by atoms with E-state index in [9.17, 15) is 0 Å². The number of piperidine rings is 1. The number of hydrogen-bond acceptors (Lipinski definition) is 4. The molecule has 6 heteroatoms. The predicted molar refractivity (Wildman–Crippen MR) is 122 cm³/mol. The van der Waals surface area contributed by atoms with E-state index in [2.05, 4.69) is 69.2 Å². The lowest BCUT2D eigenvalue weighted by Crippen LogP contribution is -2.42. The molecular formula is C24H28ClN5. The number of fused-ring (bicyclic) bond motifs is 3. The van der Waals surface area contributed by atoms with Crippen molar-refractivity contribution in [2.24, 2.45) is 0 Å². The molecule has 0 amide bonds. The van der Waals surface area contributed by atoms with Crippen LogP contribution in [0.5, 0.6) is 0 Å². The van der Waals surface area contributed by atoms with E-state index in [1.807, 2.05) is 12.1 Å². The monoisotopic (exact) mass is 421 g/mol. The van der Waals surface area contributed by atoms with E-state index in [1.165, 1.54) is 16.7 Å². The number of rotatable bonds is 3. The Hall–Kier alpha value is -2.37. The molecule has 0 aliphatic carbocycles. The molecule has 0 radical (unpaired) electrons. The summed E-state index contributed by atoms with van der Waals surface area (Å²) in [4.78, 5) is 2.40. The SMILES string of the molecule is CCc1ccccc1C1(C)CCN(c2nnc3n2-c2ccc(Cl)cc2CNC3)CC1. The molecule has 2 aromatic carbocycles. The van der Waals surface area contributed by atoms with Crippen molar-refractivity contribution in [1.82, 2.24) is 20.1 Å². The van der Waals surface area contributed by atoms with Gasteiger partial charge in [-0.15, -0.1) is 10.2 Å². The van der Waals surface area contributed by atoms with Gasteiger partial charge in [0.1, 0.15) is 0 Å². The highest BCUT2D eigenvalue weighted by molar-refractivity contribution is 6.30. The third kappa shape index (κ3) is 3.30. The summed E-state index contributed by atoms with van der Waals surface area (Å²) < 4.78 is 2.22. The van der Waals surface area contributed by atoms with Crippen molar-refractivity contribution in [2.45, 2.75) is 51.6 Å². The van der Waals surface area contributed by atoms with E-state index < -0.39 is 0 Å². The van der Waals surface area contributed by atoms with Crippen LogP contribution in [0.15, 0.2) is 42.5 Å². The normalized spacial score (nSPS) is 17.9. The van der Waals surface area contributed by atoms with Crippen LogP contribution in [0.4, 0.5) is 5.95 Å². The second-order valence-corrected chi connectivity index (χ2v) is 9.12. The van der Waals surface area contributed by atoms with E-state index in [-0.39, 0.29) is 5.41 Å². The average molecular weight is 422 g/mol. The van der Waals surface area contributed by atoms with Gasteiger partial charge in [0, 0.05) is 24.7 Å². The van der Waals surface area contributed by atoms with Crippen LogP contribution in [0.25, 0.3) is 5.69 Å². The lowest BCUT2D eigenvalue weighted by molar-refractivity contribution is 0.357. The molecule has 156 valence electrons. The Morgan fingerprint density at radius 1 is 1.07 bits per heavy atom. The number of benzene rings is 2. The van der Waals surface area contributed by atoms with Crippen LogP contribution >= 0.6 is 11.6 Å². The van der Waals surface area contributed by atoms with E-state index >= 15 is 0 Å². The molecule has 1 aromatic heterocycles. The molecule has 0 unspecified atom stereocenters. The first-order chi connectivity index (χ1) is 14.6. The van der Waals surface area contributed by atoms with Gasteiger partial charge in [-0.1, -0.05) is 49.7 Å². The molecule has 0 spiro atoms. The van der Waals surface area contributed by atoms with Crippen molar-refractivity contribution in [2.75, 3.05) is 18.0 Å². The molecule has 1 N–H and O–H groups in total. The van der Waals surface area contributed by atoms with Gasteiger partial charge in [-0.2, -0.15) is 0 Å². The number of hydrogen-bond donors (Lipinski definition) is 1. The maximum Gasteiger partial charge on any atom is 0.231 e. The fraction of sp³-hybridized carbons (Fsp3) is 0.417. The number of aryl methyl sites for hydroxylation is 1. The standard InChI is InChI=1S/C24H28ClN5/c1-3-17-6-4-5-7-20(17)24(2)10-12-29(13-11-24)23-28-27-22-16-26-15-18-14-19(25)8-9-21(18)30(22)23/h4-9,14,26H,3,10-13,15-16H2,1-2H3. The van der Waals surface area contributed by atoms with E-state index in [1.54, 1.807) is 0 Å². The summed E-state index contributed by atoms with van der Waals surface area (Å²) in [5.74, 6) is 1.90. The van der Waals surface area contributed by atoms with E-state index in [0.717, 1.165) is 61.4 Å². The Morgan fingerprint density at radius 2 is 1.87 bits per heavy atom. The third-order valence-electron chi connectivity index (χ3n) is 6.79. The second kappa shape index (κ2) is 7.71. The van der Waals surface area contributed by atoms with Gasteiger partial charge in [-0.25, -0.2) is 0 Å². The Bertz CT molecular complexity index is 1070. The van der Waals surface area contributed by atoms with Gasteiger partial charge in [0.15, 0.2) is 5.82 Å². The Labute approximate surface area is 183 Å². The quantitative estimate of drug-likeness (QED) is 0.668. The number of aromatic nitrogens is 3. The van der Waals surface area contributed by atoms with Crippen LogP contribution in [0.2, 0.25) is 5.02 Å². The highest BCUT2D eigenvalue weighted by Gasteiger charge is 2.35. The van der Waals surface area contributed by atoms with Crippen molar-refractivity contribution < 1.29 is 0 Å². The van der Waals surface area contributed by atoms with Crippen LogP contribution in [0, 0.1) is 0 Å². The van der Waals surface area contributed by atoms with Crippen molar-refractivity contribution >= 4 is 17.5 Å². The molecule has 1 fully saturated rings. The summed E-state index contributed by atoms with van der Waals surface area (Å²) >= 11 is 6.26. The lowest BCUT2D eigenvalue weighted by Gasteiger charge is -2.41. The maximum absolute atomic E-state index is 6.26. The fourth-order valence-electron chi connectivity index (χ4n) is 4.98. The van der Waals surface area contributed by atoms with Crippen LogP contribution in [-0.2, 0) is 24.9 Å². The summed E-state index contributed by atoms with van der Waals surface area (Å²) in [7, 11) is 0. The molecule has 30 heavy (non-hydrogen) atoms. The largest absolute Gasteiger partial charge is 0.341 e. The minimum absolute atomic E-state index is 0.206. The number of nitrogens with one attached hydrogen (secondary N) is 1. The highest BCUT2D eigenvalue weighted by atomic mass is 35.5. The van der Waals surface area contributed by atoms with Crippen molar-refractivity contribution in [3.63, 3.8) is 0 Å². The summed E-state index contributed by atoms with van der Waals surface area (Å²) in [5.41, 5.74) is 5.50. The molecule has 3 aromatic rings. The molecule has 0 bridgehead atoms. The minimum atomic E-state index is 0.206. The molecular weight excluding hydrogens is 394 g/mol. The summed E-state index contributed by atoms with van der Waals surface area (Å²) in [6.07, 6.45) is 3.30. The molecule has 3 heterocycles. The highest BCUT2D eigenvalue weighted by Crippen LogP contribution is 2.39. The van der Waals surface area contributed by atoms with E-state index in [0.29, 0.717) is 6.54 Å². The van der Waals surface area contributed by atoms with Crippen LogP contribution < -0.4 is 10.2 Å². The Kier molecular flexibility index (Phi) is 5.03. The maximum atomic E-state index is 6.26. The minimum Gasteiger partial charge on any atom is -0.341 e. The fourth-order valence-corrected chi connectivity index (χ4v) is 5.18. The first kappa shape index (κ1) is 19.6. The second-order valence-electron chi connectivity index (χ2n) is 8.69. The van der Waals surface area contributed by atoms with Gasteiger partial charge < -0.3 is 10.2 Å². The van der Waals surface area contributed by atoms with Crippen molar-refractivity contribution in [1.29, 1.82) is 0 Å². The molecule has 0 saturated carbocycles. The zero-order valence-corrected chi connectivity index (χ0v) is 18.4. The van der Waals surface area contributed by atoms with Crippen molar-refractivity contribution in [3.8, 4) is 5.69 Å². The molecule has 1 saturated heterocycles. The van der Waals surface area contributed by atoms with Gasteiger partial charge in [-0.3, -0.25) is 4.57 Å². The first-order valence-corrected chi connectivity index (χ1v) is 11.2. The molecule has 2 aliphatic heterocycles. The topological polar surface area (TPSA) is 46.0 Å². The lowest BCUT2D eigenvalue weighted by atomic mass is 9.72. The zero-order chi connectivity index (χ0) is 20.7. The first-order valence-electron chi connectivity index (χ1n) is 10.9. The summed E-state index contributed by atoms with van der Waals surface area (Å²) in [5, 5.41) is 13.3. The van der Waals surface area contributed by atoms with Crippen LogP contribution in [0.3, 0.4) is 0 Å². The molecule has 2 aliphatic rings. The van der Waals surface area contributed by atoms with Crippen LogP contribution in [-0.4, -0.2) is 27.9 Å². The Morgan fingerprint density at radius 3 is 2.67 bits per heavy atom. The van der Waals surface area contributed by atoms with Gasteiger partial charge in [0.25, 0.3) is 0 Å².